The number of hydrogen-bond acceptors (Lipinski definition) is 9. The Kier molecular flexibility index (Phi) is 17.0. The number of carbonyl (C=O) groups is 2. The fourth-order valence-electron chi connectivity index (χ4n) is 4.02. The van der Waals surface area contributed by atoms with E-state index in [1.807, 2.05) is 0 Å². The first-order valence-corrected chi connectivity index (χ1v) is 17.0. The number of nitrogen functional groups attached to an aromatic ring is 1. The van der Waals surface area contributed by atoms with Crippen molar-refractivity contribution < 1.29 is 51.2 Å². The van der Waals surface area contributed by atoms with Gasteiger partial charge in [0.25, 0.3) is 5.91 Å². The molecule has 0 aliphatic heterocycles. The highest BCUT2D eigenvalue weighted by Gasteiger charge is 2.25. The maximum atomic E-state index is 12.6. The summed E-state index contributed by atoms with van der Waals surface area (Å²) in [5, 5.41) is 12.5. The largest absolute Gasteiger partial charge is 0.489 e. The number of rotatable bonds is 13. The SMILES string of the molecule is C.Nc1c(Cl)cncc1Cl.O=C(Nc1c(Cl)cncc1Cl)c1ccc(OC(F)F)c(OCC2CC2)c1.O=C(O)c1ccc(OC(F)F)c(OCC2CC2)c1. The number of hydrogen-bond donors (Lipinski definition) is 3. The average molecular weight is 840 g/mol. The van der Waals surface area contributed by atoms with Crippen molar-refractivity contribution >= 4 is 69.7 Å². The molecule has 0 unspecified atom stereocenters. The van der Waals surface area contributed by atoms with Gasteiger partial charge in [0.2, 0.25) is 0 Å². The van der Waals surface area contributed by atoms with Gasteiger partial charge in [0, 0.05) is 30.4 Å². The molecule has 0 bridgehead atoms. The third kappa shape index (κ3) is 14.1. The summed E-state index contributed by atoms with van der Waals surface area (Å²) in [7, 11) is 0. The summed E-state index contributed by atoms with van der Waals surface area (Å²) in [6, 6.07) is 7.53. The molecule has 292 valence electrons. The lowest BCUT2D eigenvalue weighted by molar-refractivity contribution is -0.0521. The van der Waals surface area contributed by atoms with Gasteiger partial charge in [-0.3, -0.25) is 14.8 Å². The van der Waals surface area contributed by atoms with Crippen molar-refractivity contribution in [3.8, 4) is 23.0 Å². The molecule has 0 spiro atoms. The number of carboxylic acids is 1. The van der Waals surface area contributed by atoms with Gasteiger partial charge in [-0.1, -0.05) is 53.8 Å². The standard InChI is InChI=1S/C17H14Cl2F2N2O3.C12H12F2O4.C5H4Cl2N2.CH4/c18-11-6-22-7-12(19)15(11)23-16(24)10-3-4-13(26-17(20)21)14(5-10)25-8-9-1-2-9;13-12(14)18-9-4-3-8(11(15)16)5-10(9)17-6-7-1-2-7;6-3-1-9-2-4(7)5(3)8;/h3-7,9,17H,1-2,8H2,(H,22,23,24);3-5,7,12H,1-2,6H2,(H,15,16);1-2H,(H2,8,9);1H4. The van der Waals surface area contributed by atoms with Crippen LogP contribution in [0.2, 0.25) is 20.1 Å². The maximum absolute atomic E-state index is 12.6. The average Bonchev–Trinajstić information content (AvgIpc) is 4.04. The number of alkyl halides is 4. The van der Waals surface area contributed by atoms with Gasteiger partial charge >= 0.3 is 19.2 Å². The predicted octanol–water partition coefficient (Wildman–Crippen LogP) is 10.4. The molecule has 2 aromatic carbocycles. The van der Waals surface area contributed by atoms with Crippen molar-refractivity contribution in [3.63, 3.8) is 0 Å². The van der Waals surface area contributed by atoms with Crippen LogP contribution in [0.1, 0.15) is 53.8 Å². The number of carboxylic acid groups (broad SMARTS) is 1. The molecule has 2 heterocycles. The van der Waals surface area contributed by atoms with E-state index < -0.39 is 25.1 Å². The Morgan fingerprint density at radius 2 is 1.13 bits per heavy atom. The molecule has 54 heavy (non-hydrogen) atoms. The zero-order chi connectivity index (χ0) is 38.7. The number of ether oxygens (including phenoxy) is 4. The van der Waals surface area contributed by atoms with E-state index in [2.05, 4.69) is 24.8 Å². The molecule has 1 amide bonds. The van der Waals surface area contributed by atoms with Crippen molar-refractivity contribution in [1.29, 1.82) is 0 Å². The molecule has 11 nitrogen and oxygen atoms in total. The molecule has 0 radical (unpaired) electrons. The molecule has 4 aromatic rings. The first-order chi connectivity index (χ1) is 25.2. The molecule has 2 saturated carbocycles. The smallest absolute Gasteiger partial charge is 0.387 e. The first-order valence-electron chi connectivity index (χ1n) is 15.5. The number of nitrogens with two attached hydrogens (primary N) is 1. The molecular weight excluding hydrogens is 806 g/mol. The molecule has 2 aromatic heterocycles. The van der Waals surface area contributed by atoms with E-state index in [4.69, 9.17) is 66.7 Å². The van der Waals surface area contributed by atoms with Crippen LogP contribution in [0.4, 0.5) is 28.9 Å². The maximum Gasteiger partial charge on any atom is 0.387 e. The monoisotopic (exact) mass is 838 g/mol. The number of carbonyl (C=O) groups excluding carboxylic acids is 1. The lowest BCUT2D eigenvalue weighted by atomic mass is 10.2. The lowest BCUT2D eigenvalue weighted by Crippen LogP contribution is -2.14. The van der Waals surface area contributed by atoms with Crippen LogP contribution >= 0.6 is 46.4 Å². The minimum Gasteiger partial charge on any atom is -0.489 e. The van der Waals surface area contributed by atoms with Gasteiger partial charge in [0.05, 0.1) is 50.2 Å². The summed E-state index contributed by atoms with van der Waals surface area (Å²) in [6.07, 6.45) is 9.73. The van der Waals surface area contributed by atoms with Gasteiger partial charge in [-0.2, -0.15) is 17.6 Å². The number of pyridine rings is 2. The molecule has 2 aliphatic carbocycles. The van der Waals surface area contributed by atoms with Crippen LogP contribution in [0.15, 0.2) is 61.2 Å². The Balaban J connectivity index is 0.000000242. The second kappa shape index (κ2) is 20.9. The molecule has 19 heteroatoms. The van der Waals surface area contributed by atoms with E-state index in [9.17, 15) is 27.2 Å². The van der Waals surface area contributed by atoms with Crippen molar-refractivity contribution in [3.05, 3.63) is 92.4 Å². The van der Waals surface area contributed by atoms with Gasteiger partial charge in [-0.05, 0) is 73.9 Å². The summed E-state index contributed by atoms with van der Waals surface area (Å²) in [4.78, 5) is 30.8. The lowest BCUT2D eigenvalue weighted by Gasteiger charge is -2.14. The molecule has 0 atom stereocenters. The number of anilines is 2. The van der Waals surface area contributed by atoms with E-state index in [0.717, 1.165) is 25.7 Å². The number of benzene rings is 2. The zero-order valence-corrected chi connectivity index (χ0v) is 30.2. The molecule has 0 saturated heterocycles. The Hall–Kier alpha value is -4.44. The van der Waals surface area contributed by atoms with Crippen LogP contribution in [0.3, 0.4) is 0 Å². The van der Waals surface area contributed by atoms with Gasteiger partial charge in [0.15, 0.2) is 23.0 Å². The summed E-state index contributed by atoms with van der Waals surface area (Å²) in [6.45, 7) is -5.19. The number of aromatic nitrogens is 2. The summed E-state index contributed by atoms with van der Waals surface area (Å²) in [5.41, 5.74) is 6.13. The van der Waals surface area contributed by atoms with Crippen molar-refractivity contribution in [2.24, 2.45) is 11.8 Å². The molecule has 2 aliphatic rings. The third-order valence-corrected chi connectivity index (χ3v) is 8.33. The summed E-state index contributed by atoms with van der Waals surface area (Å²) >= 11 is 23.0. The molecular formula is C35H34Cl4F4N4O7. The summed E-state index contributed by atoms with van der Waals surface area (Å²) in [5.74, 6) is -0.986. The van der Waals surface area contributed by atoms with E-state index in [1.165, 1.54) is 61.2 Å². The fourth-order valence-corrected chi connectivity index (χ4v) is 4.85. The number of aromatic carboxylic acids is 1. The van der Waals surface area contributed by atoms with Gasteiger partial charge in [-0.15, -0.1) is 0 Å². The second-order valence-electron chi connectivity index (χ2n) is 11.3. The van der Waals surface area contributed by atoms with Crippen LogP contribution < -0.4 is 30.0 Å². The van der Waals surface area contributed by atoms with Crippen LogP contribution in [-0.2, 0) is 0 Å². The quantitative estimate of drug-likeness (QED) is 0.111. The number of halogens is 8. The van der Waals surface area contributed by atoms with E-state index in [0.29, 0.717) is 40.8 Å². The van der Waals surface area contributed by atoms with Crippen LogP contribution in [0.5, 0.6) is 23.0 Å². The minimum atomic E-state index is -2.99. The topological polar surface area (TPSA) is 155 Å². The van der Waals surface area contributed by atoms with Gasteiger partial charge < -0.3 is 35.1 Å². The molecule has 4 N–H and O–H groups in total. The van der Waals surface area contributed by atoms with Gasteiger partial charge in [0.1, 0.15) is 0 Å². The Labute approximate surface area is 327 Å². The predicted molar refractivity (Wildman–Crippen MR) is 197 cm³/mol. The first kappa shape index (κ1) is 44.0. The highest BCUT2D eigenvalue weighted by molar-refractivity contribution is 6.40. The number of nitrogens with one attached hydrogen (secondary N) is 1. The number of amides is 1. The van der Waals surface area contributed by atoms with Crippen LogP contribution in [0, 0.1) is 11.8 Å². The van der Waals surface area contributed by atoms with Crippen molar-refractivity contribution in [1.82, 2.24) is 9.97 Å². The number of nitrogens with zero attached hydrogens (tertiary/aromatic N) is 2. The van der Waals surface area contributed by atoms with Crippen LogP contribution in [0.25, 0.3) is 0 Å². The molecule has 2 fully saturated rings. The van der Waals surface area contributed by atoms with Crippen LogP contribution in [-0.4, -0.2) is 53.4 Å². The van der Waals surface area contributed by atoms with E-state index in [-0.39, 0.29) is 57.3 Å². The second-order valence-corrected chi connectivity index (χ2v) is 13.0. The molecule has 6 rings (SSSR count). The van der Waals surface area contributed by atoms with Crippen molar-refractivity contribution in [2.75, 3.05) is 24.3 Å². The van der Waals surface area contributed by atoms with Crippen molar-refractivity contribution in [2.45, 2.75) is 46.3 Å². The minimum absolute atomic E-state index is 0. The highest BCUT2D eigenvalue weighted by atomic mass is 35.5. The summed E-state index contributed by atoms with van der Waals surface area (Å²) < 4.78 is 69.1. The third-order valence-electron chi connectivity index (χ3n) is 7.15. The normalized spacial score (nSPS) is 13.0. The zero-order valence-electron chi connectivity index (χ0n) is 27.2. The highest BCUT2D eigenvalue weighted by Crippen LogP contribution is 2.36. The van der Waals surface area contributed by atoms with Gasteiger partial charge in [-0.25, -0.2) is 4.79 Å². The fraction of sp³-hybridized carbons (Fsp3) is 0.314. The Bertz CT molecular complexity index is 1850. The Morgan fingerprint density at radius 1 is 0.722 bits per heavy atom. The Morgan fingerprint density at radius 3 is 1.52 bits per heavy atom. The van der Waals surface area contributed by atoms with E-state index >= 15 is 0 Å². The van der Waals surface area contributed by atoms with E-state index in [1.54, 1.807) is 0 Å².